The van der Waals surface area contributed by atoms with Gasteiger partial charge >= 0.3 is 5.97 Å². The fourth-order valence-electron chi connectivity index (χ4n) is 6.13. The molecule has 5 atom stereocenters. The Morgan fingerprint density at radius 1 is 1.31 bits per heavy atom. The van der Waals surface area contributed by atoms with E-state index in [4.69, 9.17) is 4.74 Å². The smallest absolute Gasteiger partial charge is 0.310 e. The van der Waals surface area contributed by atoms with E-state index in [0.717, 1.165) is 32.4 Å². The Morgan fingerprint density at radius 2 is 2.19 bits per heavy atom. The van der Waals surface area contributed by atoms with Crippen LogP contribution in [-0.2, 0) is 9.53 Å². The second-order valence-electron chi connectivity index (χ2n) is 9.47. The van der Waals surface area contributed by atoms with Crippen LogP contribution < -0.4 is 5.32 Å². The molecule has 4 aliphatic rings. The first-order chi connectivity index (χ1) is 12.6. The summed E-state index contributed by atoms with van der Waals surface area (Å²) in [5, 5.41) is 3.57. The van der Waals surface area contributed by atoms with Gasteiger partial charge in [0.15, 0.2) is 0 Å². The van der Waals surface area contributed by atoms with Gasteiger partial charge in [0.2, 0.25) is 0 Å². The van der Waals surface area contributed by atoms with Crippen LogP contribution in [0.5, 0.6) is 0 Å². The zero-order valence-corrected chi connectivity index (χ0v) is 16.4. The van der Waals surface area contributed by atoms with Crippen LogP contribution in [0.15, 0.2) is 23.8 Å². The number of allylic oxidation sites excluding steroid dienone is 2. The van der Waals surface area contributed by atoms with Crippen molar-refractivity contribution in [1.29, 1.82) is 0 Å². The molecule has 0 aromatic carbocycles. The lowest BCUT2D eigenvalue weighted by Gasteiger charge is -2.50. The van der Waals surface area contributed by atoms with E-state index >= 15 is 0 Å². The Kier molecular flexibility index (Phi) is 5.27. The third-order valence-electron chi connectivity index (χ3n) is 7.69. The Labute approximate surface area is 158 Å². The molecule has 0 amide bonds. The molecule has 4 rings (SSSR count). The van der Waals surface area contributed by atoms with Crippen LogP contribution >= 0.6 is 0 Å². The molecule has 0 radical (unpaired) electrons. The van der Waals surface area contributed by atoms with E-state index in [9.17, 15) is 4.79 Å². The summed E-state index contributed by atoms with van der Waals surface area (Å²) >= 11 is 0. The van der Waals surface area contributed by atoms with Crippen LogP contribution in [0.25, 0.3) is 0 Å². The highest BCUT2D eigenvalue weighted by Gasteiger charge is 2.54. The maximum Gasteiger partial charge on any atom is 0.310 e. The molecule has 144 valence electrons. The van der Waals surface area contributed by atoms with Crippen molar-refractivity contribution in [2.24, 2.45) is 23.2 Å². The fourth-order valence-corrected chi connectivity index (χ4v) is 6.13. The van der Waals surface area contributed by atoms with Crippen molar-refractivity contribution in [1.82, 2.24) is 5.32 Å². The molecule has 1 N–H and O–H groups in total. The first-order valence-electron chi connectivity index (χ1n) is 10.8. The zero-order valence-electron chi connectivity index (χ0n) is 16.4. The SMILES string of the molecule is C=C1CCC[C@]2(C)C[C@H]3OC(=O)C(CNCCC4=CCCCC4)[C@H]3CC12. The molecule has 0 aromatic rings. The maximum atomic E-state index is 12.5. The normalized spacial score (nSPS) is 39.8. The van der Waals surface area contributed by atoms with E-state index < -0.39 is 0 Å². The van der Waals surface area contributed by atoms with E-state index in [1.54, 1.807) is 5.57 Å². The first kappa shape index (κ1) is 18.3. The molecular formula is C23H35NO2. The number of nitrogens with one attached hydrogen (secondary N) is 1. The minimum atomic E-state index is 0.0391. The topological polar surface area (TPSA) is 38.3 Å². The lowest BCUT2D eigenvalue weighted by Crippen LogP contribution is -2.45. The van der Waals surface area contributed by atoms with Gasteiger partial charge in [0.25, 0.3) is 0 Å². The lowest BCUT2D eigenvalue weighted by atomic mass is 9.55. The molecule has 2 saturated carbocycles. The highest BCUT2D eigenvalue weighted by molar-refractivity contribution is 5.75. The minimum absolute atomic E-state index is 0.0391. The monoisotopic (exact) mass is 357 g/mol. The van der Waals surface area contributed by atoms with Gasteiger partial charge < -0.3 is 10.1 Å². The number of fused-ring (bicyclic) bond motifs is 2. The van der Waals surface area contributed by atoms with Crippen molar-refractivity contribution in [2.45, 2.75) is 77.2 Å². The number of carbonyl (C=O) groups excluding carboxylic acids is 1. The Hall–Kier alpha value is -1.09. The molecule has 1 saturated heterocycles. The van der Waals surface area contributed by atoms with Crippen LogP contribution in [0.1, 0.15) is 71.1 Å². The van der Waals surface area contributed by atoms with Crippen LogP contribution in [0.3, 0.4) is 0 Å². The molecule has 2 unspecified atom stereocenters. The molecule has 3 heteroatoms. The largest absolute Gasteiger partial charge is 0.462 e. The second-order valence-corrected chi connectivity index (χ2v) is 9.47. The van der Waals surface area contributed by atoms with Gasteiger partial charge in [0.05, 0.1) is 5.92 Å². The number of hydrogen-bond acceptors (Lipinski definition) is 3. The summed E-state index contributed by atoms with van der Waals surface area (Å²) in [7, 11) is 0. The van der Waals surface area contributed by atoms with E-state index in [-0.39, 0.29) is 18.0 Å². The van der Waals surface area contributed by atoms with Crippen LogP contribution in [0, 0.1) is 23.2 Å². The predicted molar refractivity (Wildman–Crippen MR) is 105 cm³/mol. The van der Waals surface area contributed by atoms with Crippen molar-refractivity contribution in [3.05, 3.63) is 23.8 Å². The molecule has 26 heavy (non-hydrogen) atoms. The summed E-state index contributed by atoms with van der Waals surface area (Å²) in [5.74, 6) is 1.05. The molecule has 3 nitrogen and oxygen atoms in total. The van der Waals surface area contributed by atoms with Gasteiger partial charge in [-0.05, 0) is 82.1 Å². The molecule has 3 fully saturated rings. The van der Waals surface area contributed by atoms with Gasteiger partial charge in [-0.25, -0.2) is 0 Å². The van der Waals surface area contributed by atoms with E-state index in [1.807, 2.05) is 0 Å². The summed E-state index contributed by atoms with van der Waals surface area (Å²) in [6.45, 7) is 8.55. The molecule has 3 aliphatic carbocycles. The number of esters is 1. The van der Waals surface area contributed by atoms with Crippen LogP contribution in [0.2, 0.25) is 0 Å². The number of rotatable bonds is 5. The van der Waals surface area contributed by atoms with Crippen molar-refractivity contribution in [3.63, 3.8) is 0 Å². The summed E-state index contributed by atoms with van der Waals surface area (Å²) < 4.78 is 5.85. The quantitative estimate of drug-likeness (QED) is 0.437. The van der Waals surface area contributed by atoms with Crippen molar-refractivity contribution < 1.29 is 9.53 Å². The van der Waals surface area contributed by atoms with Gasteiger partial charge in [-0.2, -0.15) is 0 Å². The van der Waals surface area contributed by atoms with E-state index in [1.165, 1.54) is 50.5 Å². The van der Waals surface area contributed by atoms with Crippen molar-refractivity contribution in [3.8, 4) is 0 Å². The molecule has 0 spiro atoms. The average Bonchev–Trinajstić information content (AvgIpc) is 2.92. The average molecular weight is 358 g/mol. The standard InChI is InChI=1S/C23H35NO2/c1-16-7-6-11-23(2)14-21-18(13-20(16)23)19(22(25)26-21)15-24-12-10-17-8-4-3-5-9-17/h8,18-21,24H,1,3-7,9-15H2,2H3/t18-,19?,20?,21-,23-/m1/s1. The lowest BCUT2D eigenvalue weighted by molar-refractivity contribution is -0.146. The number of carbonyl (C=O) groups is 1. The maximum absolute atomic E-state index is 12.5. The fraction of sp³-hybridized carbons (Fsp3) is 0.783. The third-order valence-corrected chi connectivity index (χ3v) is 7.69. The summed E-state index contributed by atoms with van der Waals surface area (Å²) in [6, 6.07) is 0. The second kappa shape index (κ2) is 7.50. The van der Waals surface area contributed by atoms with Gasteiger partial charge in [0.1, 0.15) is 6.10 Å². The van der Waals surface area contributed by atoms with Crippen molar-refractivity contribution >= 4 is 5.97 Å². The highest BCUT2D eigenvalue weighted by atomic mass is 16.6. The van der Waals surface area contributed by atoms with Crippen molar-refractivity contribution in [2.75, 3.05) is 13.1 Å². The predicted octanol–water partition coefficient (Wildman–Crippen LogP) is 4.78. The summed E-state index contributed by atoms with van der Waals surface area (Å²) in [4.78, 5) is 12.5. The minimum Gasteiger partial charge on any atom is -0.462 e. The van der Waals surface area contributed by atoms with Gasteiger partial charge in [-0.3, -0.25) is 4.79 Å². The Bertz CT molecular complexity index is 595. The van der Waals surface area contributed by atoms with Gasteiger partial charge in [-0.1, -0.05) is 30.7 Å². The van der Waals surface area contributed by atoms with Crippen LogP contribution in [-0.4, -0.2) is 25.2 Å². The van der Waals surface area contributed by atoms with E-state index in [2.05, 4.69) is 24.9 Å². The zero-order chi connectivity index (χ0) is 18.1. The molecular weight excluding hydrogens is 322 g/mol. The summed E-state index contributed by atoms with van der Waals surface area (Å²) in [6.07, 6.45) is 14.7. The summed E-state index contributed by atoms with van der Waals surface area (Å²) in [5.41, 5.74) is 3.32. The molecule has 1 aliphatic heterocycles. The molecule has 1 heterocycles. The molecule has 0 aromatic heterocycles. The van der Waals surface area contributed by atoms with Crippen LogP contribution in [0.4, 0.5) is 0 Å². The first-order valence-corrected chi connectivity index (χ1v) is 10.8. The number of ether oxygens (including phenoxy) is 1. The van der Waals surface area contributed by atoms with E-state index in [0.29, 0.717) is 17.3 Å². The third kappa shape index (κ3) is 3.52. The number of hydrogen-bond donors (Lipinski definition) is 1. The molecule has 0 bridgehead atoms. The highest BCUT2D eigenvalue weighted by Crippen LogP contribution is 2.56. The Morgan fingerprint density at radius 3 is 3.00 bits per heavy atom. The van der Waals surface area contributed by atoms with Gasteiger partial charge in [-0.15, -0.1) is 0 Å². The van der Waals surface area contributed by atoms with Gasteiger partial charge in [0, 0.05) is 12.5 Å². The Balaban J connectivity index is 1.33.